The summed E-state index contributed by atoms with van der Waals surface area (Å²) >= 11 is 0. The molecule has 2 aromatic rings. The Hall–Kier alpha value is -1.92. The quantitative estimate of drug-likeness (QED) is 0.883. The summed E-state index contributed by atoms with van der Waals surface area (Å²) in [4.78, 5) is 12.1. The second kappa shape index (κ2) is 7.91. The number of carbonyl (C=O) groups excluding carboxylic acids is 1. The number of rotatable bonds is 5. The predicted octanol–water partition coefficient (Wildman–Crippen LogP) is 2.07. The second-order valence-corrected chi connectivity index (χ2v) is 5.08. The molecule has 0 fully saturated rings. The number of hydrogen-bond donors (Lipinski definition) is 2. The Morgan fingerprint density at radius 2 is 2.05 bits per heavy atom. The molecule has 22 heavy (non-hydrogen) atoms. The number of halogens is 2. The van der Waals surface area contributed by atoms with Crippen molar-refractivity contribution in [2.45, 2.75) is 13.8 Å². The van der Waals surface area contributed by atoms with Crippen LogP contribution in [0.4, 0.5) is 4.39 Å². The van der Waals surface area contributed by atoms with Gasteiger partial charge in [0.05, 0.1) is 23.1 Å². The van der Waals surface area contributed by atoms with Crippen LogP contribution in [0, 0.1) is 18.7 Å². The van der Waals surface area contributed by atoms with Gasteiger partial charge in [-0.15, -0.1) is 12.4 Å². The normalized spacial score (nSPS) is 11.6. The van der Waals surface area contributed by atoms with Gasteiger partial charge >= 0.3 is 0 Å². The van der Waals surface area contributed by atoms with Crippen LogP contribution in [0.2, 0.25) is 0 Å². The third kappa shape index (κ3) is 4.05. The lowest BCUT2D eigenvalue weighted by Gasteiger charge is -2.10. The number of benzene rings is 1. The van der Waals surface area contributed by atoms with Crippen molar-refractivity contribution in [3.63, 3.8) is 0 Å². The summed E-state index contributed by atoms with van der Waals surface area (Å²) in [6.07, 6.45) is 1.52. The molecule has 0 spiro atoms. The minimum atomic E-state index is -0.308. The Morgan fingerprint density at radius 1 is 1.41 bits per heavy atom. The molecule has 7 heteroatoms. The number of nitrogens with zero attached hydrogens (tertiary/aromatic N) is 2. The predicted molar refractivity (Wildman–Crippen MR) is 86.1 cm³/mol. The Bertz CT molecular complexity index is 627. The summed E-state index contributed by atoms with van der Waals surface area (Å²) in [6.45, 7) is 4.82. The highest BCUT2D eigenvalue weighted by Crippen LogP contribution is 2.14. The van der Waals surface area contributed by atoms with Gasteiger partial charge in [-0.3, -0.25) is 4.79 Å². The molecule has 1 atom stereocenters. The topological polar surface area (TPSA) is 72.9 Å². The minimum absolute atomic E-state index is 0. The molecule has 0 aliphatic rings. The molecule has 1 aromatic heterocycles. The van der Waals surface area contributed by atoms with Crippen LogP contribution in [0.5, 0.6) is 0 Å². The van der Waals surface area contributed by atoms with E-state index in [-0.39, 0.29) is 30.0 Å². The van der Waals surface area contributed by atoms with E-state index in [0.29, 0.717) is 30.0 Å². The van der Waals surface area contributed by atoms with Gasteiger partial charge in [0.1, 0.15) is 5.82 Å². The minimum Gasteiger partial charge on any atom is -0.352 e. The van der Waals surface area contributed by atoms with Gasteiger partial charge in [0, 0.05) is 6.54 Å². The van der Waals surface area contributed by atoms with Gasteiger partial charge in [-0.2, -0.15) is 5.10 Å². The molecular formula is C15H20ClFN4O. The molecule has 1 aromatic carbocycles. The first-order chi connectivity index (χ1) is 10.0. The van der Waals surface area contributed by atoms with E-state index in [9.17, 15) is 9.18 Å². The van der Waals surface area contributed by atoms with E-state index in [1.165, 1.54) is 18.3 Å². The van der Waals surface area contributed by atoms with Crippen molar-refractivity contribution in [3.05, 3.63) is 47.5 Å². The van der Waals surface area contributed by atoms with E-state index >= 15 is 0 Å². The van der Waals surface area contributed by atoms with Crippen LogP contribution in [0.3, 0.4) is 0 Å². The van der Waals surface area contributed by atoms with Crippen LogP contribution in [-0.4, -0.2) is 28.8 Å². The third-order valence-electron chi connectivity index (χ3n) is 3.34. The molecule has 0 saturated heterocycles. The largest absolute Gasteiger partial charge is 0.352 e. The summed E-state index contributed by atoms with van der Waals surface area (Å²) in [7, 11) is 0. The van der Waals surface area contributed by atoms with E-state index in [0.717, 1.165) is 0 Å². The van der Waals surface area contributed by atoms with Crippen LogP contribution in [-0.2, 0) is 0 Å². The zero-order valence-electron chi connectivity index (χ0n) is 12.5. The van der Waals surface area contributed by atoms with Gasteiger partial charge in [-0.25, -0.2) is 9.07 Å². The number of carbonyl (C=O) groups is 1. The van der Waals surface area contributed by atoms with Crippen molar-refractivity contribution in [3.8, 4) is 5.69 Å². The molecule has 0 aliphatic carbocycles. The fraction of sp³-hybridized carbons (Fsp3) is 0.333. The first-order valence-corrected chi connectivity index (χ1v) is 6.81. The molecule has 1 amide bonds. The van der Waals surface area contributed by atoms with Crippen molar-refractivity contribution >= 4 is 18.3 Å². The van der Waals surface area contributed by atoms with Gasteiger partial charge in [-0.05, 0) is 43.7 Å². The highest BCUT2D eigenvalue weighted by Gasteiger charge is 2.15. The number of hydrogen-bond acceptors (Lipinski definition) is 3. The zero-order valence-corrected chi connectivity index (χ0v) is 13.4. The SMILES string of the molecule is Cc1c(C(=O)NCC(C)CN)cnn1-c1ccc(F)cc1.Cl. The number of aromatic nitrogens is 2. The highest BCUT2D eigenvalue weighted by molar-refractivity contribution is 5.95. The number of nitrogens with two attached hydrogens (primary N) is 1. The fourth-order valence-corrected chi connectivity index (χ4v) is 1.92. The molecule has 0 bridgehead atoms. The second-order valence-electron chi connectivity index (χ2n) is 5.08. The fourth-order valence-electron chi connectivity index (χ4n) is 1.92. The average molecular weight is 327 g/mol. The summed E-state index contributed by atoms with van der Waals surface area (Å²) in [5.74, 6) is -0.264. The van der Waals surface area contributed by atoms with Gasteiger partial charge in [0.25, 0.3) is 5.91 Å². The van der Waals surface area contributed by atoms with Gasteiger partial charge in [0.15, 0.2) is 0 Å². The Labute approximate surface area is 135 Å². The molecule has 3 N–H and O–H groups in total. The average Bonchev–Trinajstić information content (AvgIpc) is 2.87. The van der Waals surface area contributed by atoms with E-state index in [2.05, 4.69) is 10.4 Å². The molecule has 0 radical (unpaired) electrons. The number of nitrogens with one attached hydrogen (secondary N) is 1. The Morgan fingerprint density at radius 3 is 2.64 bits per heavy atom. The molecule has 0 aliphatic heterocycles. The van der Waals surface area contributed by atoms with Crippen molar-refractivity contribution in [1.82, 2.24) is 15.1 Å². The van der Waals surface area contributed by atoms with Crippen molar-refractivity contribution in [2.75, 3.05) is 13.1 Å². The van der Waals surface area contributed by atoms with E-state index in [4.69, 9.17) is 5.73 Å². The van der Waals surface area contributed by atoms with E-state index in [1.807, 2.05) is 6.92 Å². The summed E-state index contributed by atoms with van der Waals surface area (Å²) < 4.78 is 14.6. The molecular weight excluding hydrogens is 307 g/mol. The van der Waals surface area contributed by atoms with Crippen LogP contribution in [0.15, 0.2) is 30.5 Å². The van der Waals surface area contributed by atoms with Crippen LogP contribution >= 0.6 is 12.4 Å². The standard InChI is InChI=1S/C15H19FN4O.ClH/c1-10(7-17)8-18-15(21)14-9-19-20(11(14)2)13-5-3-12(16)4-6-13;/h3-6,9-10H,7-8,17H2,1-2H3,(H,18,21);1H. The maximum absolute atomic E-state index is 12.9. The van der Waals surface area contributed by atoms with Crippen LogP contribution < -0.4 is 11.1 Å². The molecule has 5 nitrogen and oxygen atoms in total. The third-order valence-corrected chi connectivity index (χ3v) is 3.34. The monoisotopic (exact) mass is 326 g/mol. The van der Waals surface area contributed by atoms with Gasteiger partial charge in [0.2, 0.25) is 0 Å². The van der Waals surface area contributed by atoms with Crippen molar-refractivity contribution in [2.24, 2.45) is 11.7 Å². The van der Waals surface area contributed by atoms with Gasteiger partial charge < -0.3 is 11.1 Å². The number of amides is 1. The van der Waals surface area contributed by atoms with Gasteiger partial charge in [-0.1, -0.05) is 6.92 Å². The summed E-state index contributed by atoms with van der Waals surface area (Å²) in [6, 6.07) is 5.96. The first-order valence-electron chi connectivity index (χ1n) is 6.81. The lowest BCUT2D eigenvalue weighted by atomic mass is 10.1. The van der Waals surface area contributed by atoms with Crippen molar-refractivity contribution < 1.29 is 9.18 Å². The first kappa shape index (κ1) is 18.1. The van der Waals surface area contributed by atoms with Crippen LogP contribution in [0.25, 0.3) is 5.69 Å². The smallest absolute Gasteiger partial charge is 0.254 e. The lowest BCUT2D eigenvalue weighted by molar-refractivity contribution is 0.0948. The Kier molecular flexibility index (Phi) is 6.52. The van der Waals surface area contributed by atoms with Crippen molar-refractivity contribution in [1.29, 1.82) is 0 Å². The molecule has 1 unspecified atom stereocenters. The van der Waals surface area contributed by atoms with Crippen LogP contribution in [0.1, 0.15) is 23.0 Å². The molecule has 0 saturated carbocycles. The molecule has 1 heterocycles. The Balaban J connectivity index is 0.00000242. The summed E-state index contributed by atoms with van der Waals surface area (Å²) in [5, 5.41) is 7.02. The lowest BCUT2D eigenvalue weighted by Crippen LogP contribution is -2.31. The summed E-state index contributed by atoms with van der Waals surface area (Å²) in [5.41, 5.74) is 7.44. The van der Waals surface area contributed by atoms with E-state index in [1.54, 1.807) is 23.7 Å². The maximum atomic E-state index is 12.9. The maximum Gasteiger partial charge on any atom is 0.254 e. The molecule has 120 valence electrons. The van der Waals surface area contributed by atoms with E-state index < -0.39 is 0 Å². The molecule has 2 rings (SSSR count). The zero-order chi connectivity index (χ0) is 15.4. The highest BCUT2D eigenvalue weighted by atomic mass is 35.5.